The number of piperidine rings is 1. The molecule has 1 saturated heterocycles. The minimum absolute atomic E-state index is 0.218. The highest BCUT2D eigenvalue weighted by Crippen LogP contribution is 2.38. The zero-order valence-electron chi connectivity index (χ0n) is 19.4. The van der Waals surface area contributed by atoms with E-state index in [2.05, 4.69) is 5.32 Å². The van der Waals surface area contributed by atoms with E-state index in [0.717, 1.165) is 19.3 Å². The van der Waals surface area contributed by atoms with Crippen molar-refractivity contribution in [2.75, 3.05) is 39.7 Å². The lowest BCUT2D eigenvalue weighted by atomic mass is 10.1. The zero-order valence-corrected chi connectivity index (χ0v) is 20.2. The van der Waals surface area contributed by atoms with Crippen LogP contribution >= 0.6 is 0 Å². The molecule has 1 aliphatic heterocycles. The van der Waals surface area contributed by atoms with Gasteiger partial charge in [0.1, 0.15) is 0 Å². The van der Waals surface area contributed by atoms with Gasteiger partial charge in [-0.05, 0) is 61.2 Å². The highest BCUT2D eigenvalue weighted by Gasteiger charge is 2.27. The summed E-state index contributed by atoms with van der Waals surface area (Å²) in [5.74, 6) is 1.02. The van der Waals surface area contributed by atoms with Gasteiger partial charge in [0.05, 0.1) is 26.2 Å². The second-order valence-corrected chi connectivity index (χ2v) is 9.63. The van der Waals surface area contributed by atoms with Crippen LogP contribution in [0.3, 0.4) is 0 Å². The Morgan fingerprint density at radius 2 is 1.61 bits per heavy atom. The van der Waals surface area contributed by atoms with Crippen molar-refractivity contribution < 1.29 is 27.4 Å². The minimum atomic E-state index is -3.60. The van der Waals surface area contributed by atoms with Gasteiger partial charge >= 0.3 is 0 Å². The largest absolute Gasteiger partial charge is 0.493 e. The predicted molar refractivity (Wildman–Crippen MR) is 128 cm³/mol. The molecular formula is C24H30N2O6S. The first-order valence-corrected chi connectivity index (χ1v) is 12.1. The van der Waals surface area contributed by atoms with Gasteiger partial charge in [-0.15, -0.1) is 0 Å². The first-order valence-electron chi connectivity index (χ1n) is 10.7. The van der Waals surface area contributed by atoms with Gasteiger partial charge in [-0.1, -0.05) is 12.5 Å². The van der Waals surface area contributed by atoms with Gasteiger partial charge in [0.15, 0.2) is 11.5 Å². The smallest absolute Gasteiger partial charge is 0.248 e. The number of rotatable bonds is 8. The van der Waals surface area contributed by atoms with Gasteiger partial charge in [0.25, 0.3) is 0 Å². The maximum Gasteiger partial charge on any atom is 0.248 e. The second-order valence-electron chi connectivity index (χ2n) is 7.73. The van der Waals surface area contributed by atoms with Gasteiger partial charge in [0.2, 0.25) is 21.7 Å². The molecule has 9 heteroatoms. The number of anilines is 1. The van der Waals surface area contributed by atoms with Gasteiger partial charge in [-0.2, -0.15) is 4.31 Å². The highest BCUT2D eigenvalue weighted by molar-refractivity contribution is 7.89. The monoisotopic (exact) mass is 474 g/mol. The first-order chi connectivity index (χ1) is 15.8. The Kier molecular flexibility index (Phi) is 7.99. The lowest BCUT2D eigenvalue weighted by Crippen LogP contribution is -2.36. The van der Waals surface area contributed by atoms with Crippen LogP contribution in [0.5, 0.6) is 17.2 Å². The Bertz CT molecular complexity index is 1110. The molecule has 1 N–H and O–H groups in total. The Labute approximate surface area is 195 Å². The quantitative estimate of drug-likeness (QED) is 0.584. The molecular weight excluding hydrogens is 444 g/mol. The highest BCUT2D eigenvalue weighted by atomic mass is 32.2. The van der Waals surface area contributed by atoms with Crippen LogP contribution in [0.15, 0.2) is 41.3 Å². The molecule has 0 aliphatic carbocycles. The van der Waals surface area contributed by atoms with E-state index < -0.39 is 15.9 Å². The summed E-state index contributed by atoms with van der Waals surface area (Å²) >= 11 is 0. The molecule has 0 atom stereocenters. The van der Waals surface area contributed by atoms with Crippen LogP contribution < -0.4 is 19.5 Å². The van der Waals surface area contributed by atoms with Crippen LogP contribution in [0.4, 0.5) is 5.69 Å². The maximum atomic E-state index is 13.1. The minimum Gasteiger partial charge on any atom is -0.493 e. The molecule has 33 heavy (non-hydrogen) atoms. The summed E-state index contributed by atoms with van der Waals surface area (Å²) in [6.45, 7) is 2.80. The number of benzene rings is 2. The number of ether oxygens (including phenoxy) is 3. The Hall–Kier alpha value is -3.04. The molecule has 1 heterocycles. The molecule has 178 valence electrons. The van der Waals surface area contributed by atoms with Crippen LogP contribution in [-0.2, 0) is 14.8 Å². The summed E-state index contributed by atoms with van der Waals surface area (Å²) in [4.78, 5) is 12.7. The molecule has 1 aliphatic rings. The predicted octanol–water partition coefficient (Wildman–Crippen LogP) is 3.85. The Morgan fingerprint density at radius 3 is 2.18 bits per heavy atom. The molecule has 0 spiro atoms. The van der Waals surface area contributed by atoms with E-state index in [-0.39, 0.29) is 4.90 Å². The molecule has 1 amide bonds. The van der Waals surface area contributed by atoms with E-state index in [9.17, 15) is 13.2 Å². The van der Waals surface area contributed by atoms with Crippen molar-refractivity contribution in [3.05, 3.63) is 47.5 Å². The van der Waals surface area contributed by atoms with E-state index in [1.165, 1.54) is 37.8 Å². The molecule has 0 saturated carbocycles. The lowest BCUT2D eigenvalue weighted by Gasteiger charge is -2.26. The van der Waals surface area contributed by atoms with Crippen molar-refractivity contribution in [2.45, 2.75) is 31.1 Å². The Balaban J connectivity index is 1.79. The summed E-state index contributed by atoms with van der Waals surface area (Å²) in [5, 5.41) is 2.74. The molecule has 2 aromatic carbocycles. The molecule has 2 aromatic rings. The van der Waals surface area contributed by atoms with Crippen LogP contribution in [0.25, 0.3) is 6.08 Å². The van der Waals surface area contributed by atoms with Crippen LogP contribution in [0.1, 0.15) is 30.4 Å². The van der Waals surface area contributed by atoms with Gasteiger partial charge in [-0.25, -0.2) is 8.42 Å². The van der Waals surface area contributed by atoms with Crippen molar-refractivity contribution in [1.82, 2.24) is 4.31 Å². The summed E-state index contributed by atoms with van der Waals surface area (Å²) in [6.07, 6.45) is 5.74. The number of hydrogen-bond acceptors (Lipinski definition) is 6. The van der Waals surface area contributed by atoms with E-state index in [4.69, 9.17) is 14.2 Å². The Morgan fingerprint density at radius 1 is 0.970 bits per heavy atom. The van der Waals surface area contributed by atoms with Gasteiger partial charge < -0.3 is 19.5 Å². The standard InChI is InChI=1S/C24H30N2O6S/c1-17-8-10-19(16-22(17)33(28,29)26-12-6-5-7-13-26)25-23(27)11-9-18-14-20(30-2)24(32-4)21(15-18)31-3/h8-11,14-16H,5-7,12-13H2,1-4H3,(H,25,27)/b11-9+. The van der Waals surface area contributed by atoms with Crippen molar-refractivity contribution in [3.8, 4) is 17.2 Å². The molecule has 0 aromatic heterocycles. The first kappa shape index (κ1) is 24.6. The molecule has 3 rings (SSSR count). The fraction of sp³-hybridized carbons (Fsp3) is 0.375. The third-order valence-electron chi connectivity index (χ3n) is 5.50. The number of carbonyl (C=O) groups is 1. The summed E-state index contributed by atoms with van der Waals surface area (Å²) in [7, 11) is 0.951. The zero-order chi connectivity index (χ0) is 24.0. The number of carbonyl (C=O) groups excluding carboxylic acids is 1. The number of nitrogens with one attached hydrogen (secondary N) is 1. The molecule has 1 fully saturated rings. The average Bonchev–Trinajstić information content (AvgIpc) is 2.83. The number of methoxy groups -OCH3 is 3. The average molecular weight is 475 g/mol. The third-order valence-corrected chi connectivity index (χ3v) is 7.54. The number of sulfonamides is 1. The summed E-state index contributed by atoms with van der Waals surface area (Å²) in [5.41, 5.74) is 1.74. The number of nitrogens with zero attached hydrogens (tertiary/aromatic N) is 1. The third kappa shape index (κ3) is 5.66. The van der Waals surface area contributed by atoms with Crippen molar-refractivity contribution in [2.24, 2.45) is 0 Å². The number of amides is 1. The molecule has 8 nitrogen and oxygen atoms in total. The molecule has 0 unspecified atom stereocenters. The lowest BCUT2D eigenvalue weighted by molar-refractivity contribution is -0.111. The van der Waals surface area contributed by atoms with Gasteiger partial charge in [-0.3, -0.25) is 4.79 Å². The molecule has 0 radical (unpaired) electrons. The van der Waals surface area contributed by atoms with Crippen LogP contribution in [0, 0.1) is 6.92 Å². The van der Waals surface area contributed by atoms with Crippen molar-refractivity contribution in [3.63, 3.8) is 0 Å². The van der Waals surface area contributed by atoms with Gasteiger partial charge in [0, 0.05) is 24.9 Å². The summed E-state index contributed by atoms with van der Waals surface area (Å²) in [6, 6.07) is 8.36. The second kappa shape index (κ2) is 10.7. The van der Waals surface area contributed by atoms with E-state index in [1.54, 1.807) is 37.3 Å². The van der Waals surface area contributed by atoms with E-state index in [0.29, 0.717) is 47.2 Å². The SMILES string of the molecule is COc1cc(/C=C/C(=O)Nc2ccc(C)c(S(=O)(=O)N3CCCCC3)c2)cc(OC)c1OC. The fourth-order valence-electron chi connectivity index (χ4n) is 3.75. The normalized spacial score (nSPS) is 14.8. The van der Waals surface area contributed by atoms with Crippen molar-refractivity contribution in [1.29, 1.82) is 0 Å². The summed E-state index contributed by atoms with van der Waals surface area (Å²) < 4.78 is 43.7. The van der Waals surface area contributed by atoms with Crippen molar-refractivity contribution >= 4 is 27.7 Å². The number of aryl methyl sites for hydroxylation is 1. The topological polar surface area (TPSA) is 94.2 Å². The molecule has 0 bridgehead atoms. The maximum absolute atomic E-state index is 13.1. The van der Waals surface area contributed by atoms with Crippen LogP contribution in [0.2, 0.25) is 0 Å². The fourth-order valence-corrected chi connectivity index (χ4v) is 5.52. The van der Waals surface area contributed by atoms with Crippen LogP contribution in [-0.4, -0.2) is 53.0 Å². The number of hydrogen-bond donors (Lipinski definition) is 1. The van der Waals surface area contributed by atoms with E-state index >= 15 is 0 Å². The van der Waals surface area contributed by atoms with E-state index in [1.807, 2.05) is 0 Å².